The summed E-state index contributed by atoms with van der Waals surface area (Å²) in [4.78, 5) is 24.0. The van der Waals surface area contributed by atoms with Crippen LogP contribution in [0.4, 0.5) is 26.3 Å². The molecule has 0 heterocycles. The molecule has 0 saturated carbocycles. The molecule has 0 bridgehead atoms. The maximum Gasteiger partial charge on any atom is 0.405 e. The Morgan fingerprint density at radius 2 is 1.57 bits per heavy atom. The number of carbonyl (C=O) groups excluding carboxylic acids is 2. The van der Waals surface area contributed by atoms with Crippen LogP contribution in [0.5, 0.6) is 0 Å². The second-order valence-corrected chi connectivity index (χ2v) is 9.74. The molecule has 13 heteroatoms. The Balaban J connectivity index is 2.17. The molecule has 1 unspecified atom stereocenters. The van der Waals surface area contributed by atoms with Gasteiger partial charge in [0.1, 0.15) is 6.54 Å². The lowest BCUT2D eigenvalue weighted by atomic mass is 9.97. The number of nitrogens with one attached hydrogen (secondary N) is 2. The molecule has 2 aromatic rings. The molecule has 2 aromatic carbocycles. The van der Waals surface area contributed by atoms with Gasteiger partial charge >= 0.3 is 12.4 Å². The molecule has 0 aliphatic carbocycles. The fourth-order valence-electron chi connectivity index (χ4n) is 2.74. The van der Waals surface area contributed by atoms with Crippen molar-refractivity contribution in [3.05, 3.63) is 84.9 Å². The molecule has 2 N–H and O–H groups in total. The normalized spacial score (nSPS) is 12.9. The van der Waals surface area contributed by atoms with E-state index in [0.717, 1.165) is 6.08 Å². The van der Waals surface area contributed by atoms with Crippen LogP contribution in [0.1, 0.15) is 27.4 Å². The topological polar surface area (TPSA) is 58.2 Å². The molecule has 0 aromatic heterocycles. The first-order chi connectivity index (χ1) is 16.1. The molecule has 2 rings (SSSR count). The molecule has 1 atom stereocenters. The van der Waals surface area contributed by atoms with Crippen molar-refractivity contribution in [2.24, 2.45) is 0 Å². The van der Waals surface area contributed by atoms with Gasteiger partial charge < -0.3 is 10.6 Å². The zero-order valence-electron chi connectivity index (χ0n) is 17.3. The number of allylic oxidation sites excluding steroid dienone is 1. The van der Waals surface area contributed by atoms with Crippen LogP contribution in [0.15, 0.2) is 68.2 Å². The average molecular weight is 693 g/mol. The fraction of sp³-hybridized carbons (Fsp3) is 0.182. The number of halogens is 9. The van der Waals surface area contributed by atoms with Gasteiger partial charge in [-0.15, -0.1) is 0 Å². The number of amides is 2. The van der Waals surface area contributed by atoms with Crippen LogP contribution in [0, 0.1) is 0 Å². The maximum atomic E-state index is 13.7. The van der Waals surface area contributed by atoms with Crippen LogP contribution < -0.4 is 10.6 Å². The van der Waals surface area contributed by atoms with Gasteiger partial charge in [-0.3, -0.25) is 9.59 Å². The van der Waals surface area contributed by atoms with Crippen LogP contribution in [-0.4, -0.2) is 30.7 Å². The summed E-state index contributed by atoms with van der Waals surface area (Å²) in [6, 6.07) is 8.34. The summed E-state index contributed by atoms with van der Waals surface area (Å²) in [6.07, 6.45) is -6.99. The van der Waals surface area contributed by atoms with E-state index in [1.54, 1.807) is 11.4 Å². The van der Waals surface area contributed by atoms with Gasteiger partial charge in [0.15, 0.2) is 0 Å². The highest BCUT2D eigenvalue weighted by Crippen LogP contribution is 2.38. The van der Waals surface area contributed by atoms with E-state index >= 15 is 0 Å². The number of hydrogen-bond donors (Lipinski definition) is 2. The lowest BCUT2D eigenvalue weighted by Crippen LogP contribution is -2.39. The number of carbonyl (C=O) groups is 2. The summed E-state index contributed by atoms with van der Waals surface area (Å²) in [6.45, 7) is 1.63. The molecule has 4 nitrogen and oxygen atoms in total. The Bertz CT molecular complexity index is 1140. The zero-order valence-corrected chi connectivity index (χ0v) is 22.1. The molecule has 0 aliphatic heterocycles. The van der Waals surface area contributed by atoms with Gasteiger partial charge in [0, 0.05) is 13.4 Å². The SMILES string of the molecule is C=C(NC(=O)c1ccc(/C=C/C(c2cc(Br)cc(Br)c2)C(F)(F)F)cc1Br)C(=O)NCC(F)(F)F. The van der Waals surface area contributed by atoms with E-state index in [0.29, 0.717) is 14.5 Å². The molecule has 0 saturated heterocycles. The van der Waals surface area contributed by atoms with Gasteiger partial charge in [-0.2, -0.15) is 26.3 Å². The van der Waals surface area contributed by atoms with Crippen LogP contribution >= 0.6 is 47.8 Å². The third kappa shape index (κ3) is 9.12. The number of benzene rings is 2. The van der Waals surface area contributed by atoms with Crippen molar-refractivity contribution in [1.82, 2.24) is 10.6 Å². The Kier molecular flexibility index (Phi) is 9.77. The summed E-state index contributed by atoms with van der Waals surface area (Å²) < 4.78 is 78.7. The van der Waals surface area contributed by atoms with Gasteiger partial charge in [-0.1, -0.05) is 56.7 Å². The minimum absolute atomic E-state index is 0.00683. The minimum atomic E-state index is -4.63. The highest BCUT2D eigenvalue weighted by Gasteiger charge is 2.39. The molecule has 0 spiro atoms. The number of hydrogen-bond acceptors (Lipinski definition) is 2. The minimum Gasteiger partial charge on any atom is -0.342 e. The highest BCUT2D eigenvalue weighted by atomic mass is 79.9. The summed E-state index contributed by atoms with van der Waals surface area (Å²) in [5.74, 6) is -3.98. The first-order valence-electron chi connectivity index (χ1n) is 9.42. The summed E-state index contributed by atoms with van der Waals surface area (Å²) >= 11 is 9.48. The molecule has 188 valence electrons. The largest absolute Gasteiger partial charge is 0.405 e. The van der Waals surface area contributed by atoms with E-state index in [4.69, 9.17) is 0 Å². The molecule has 0 radical (unpaired) electrons. The van der Waals surface area contributed by atoms with E-state index in [1.807, 2.05) is 0 Å². The first kappa shape index (κ1) is 29.1. The van der Waals surface area contributed by atoms with Crippen LogP contribution in [0.3, 0.4) is 0 Å². The van der Waals surface area contributed by atoms with Gasteiger partial charge in [0.2, 0.25) is 0 Å². The number of alkyl halides is 6. The smallest absolute Gasteiger partial charge is 0.342 e. The first-order valence-corrected chi connectivity index (χ1v) is 11.8. The van der Waals surface area contributed by atoms with E-state index in [1.165, 1.54) is 36.4 Å². The van der Waals surface area contributed by atoms with E-state index in [2.05, 4.69) is 59.7 Å². The van der Waals surface area contributed by atoms with E-state index in [-0.39, 0.29) is 15.6 Å². The summed E-state index contributed by atoms with van der Waals surface area (Å²) in [7, 11) is 0. The predicted octanol–water partition coefficient (Wildman–Crippen LogP) is 7.26. The lowest BCUT2D eigenvalue weighted by Gasteiger charge is -2.18. The molecule has 35 heavy (non-hydrogen) atoms. The average Bonchev–Trinajstić information content (AvgIpc) is 2.69. The van der Waals surface area contributed by atoms with E-state index < -0.39 is 42.3 Å². The monoisotopic (exact) mass is 690 g/mol. The van der Waals surface area contributed by atoms with Gasteiger partial charge in [-0.25, -0.2) is 0 Å². The molecular formula is C22H15Br3F6N2O2. The van der Waals surface area contributed by atoms with Crippen molar-refractivity contribution in [1.29, 1.82) is 0 Å². The Morgan fingerprint density at radius 1 is 0.971 bits per heavy atom. The van der Waals surface area contributed by atoms with Gasteiger partial charge in [0.05, 0.1) is 17.2 Å². The highest BCUT2D eigenvalue weighted by molar-refractivity contribution is 9.11. The van der Waals surface area contributed by atoms with Crippen molar-refractivity contribution in [2.75, 3.05) is 6.54 Å². The standard InChI is InChI=1S/C22H15Br3F6N2O2/c1-11(19(34)32-10-21(26,27)28)33-20(35)16-4-2-12(6-18(16)25)3-5-17(22(29,30)31)13-7-14(23)9-15(24)8-13/h2-9,17H,1,10H2,(H,32,34)(H,33,35)/b5-3+. The second-order valence-electron chi connectivity index (χ2n) is 7.05. The number of rotatable bonds is 7. The molecule has 2 amide bonds. The molecule has 0 aliphatic rings. The molecular weight excluding hydrogens is 678 g/mol. The maximum absolute atomic E-state index is 13.7. The van der Waals surface area contributed by atoms with Crippen LogP contribution in [0.25, 0.3) is 6.08 Å². The van der Waals surface area contributed by atoms with Crippen LogP contribution in [0.2, 0.25) is 0 Å². The lowest BCUT2D eigenvalue weighted by molar-refractivity contribution is -0.139. The Hall–Kier alpha value is -2.12. The quantitative estimate of drug-likeness (QED) is 0.237. The van der Waals surface area contributed by atoms with E-state index in [9.17, 15) is 35.9 Å². The van der Waals surface area contributed by atoms with Gasteiger partial charge in [-0.05, 0) is 57.4 Å². The van der Waals surface area contributed by atoms with Crippen molar-refractivity contribution in [3.8, 4) is 0 Å². The van der Waals surface area contributed by atoms with Crippen molar-refractivity contribution in [2.45, 2.75) is 18.3 Å². The Labute approximate surface area is 221 Å². The van der Waals surface area contributed by atoms with Gasteiger partial charge in [0.25, 0.3) is 11.8 Å². The van der Waals surface area contributed by atoms with Crippen LogP contribution in [-0.2, 0) is 4.79 Å². The fourth-order valence-corrected chi connectivity index (χ4v) is 4.64. The summed E-state index contributed by atoms with van der Waals surface area (Å²) in [5.41, 5.74) is -0.288. The predicted molar refractivity (Wildman–Crippen MR) is 129 cm³/mol. The molecule has 0 fully saturated rings. The third-order valence-corrected chi connectivity index (χ3v) is 5.88. The zero-order chi connectivity index (χ0) is 26.6. The van der Waals surface area contributed by atoms with Crippen molar-refractivity contribution < 1.29 is 35.9 Å². The third-order valence-electron chi connectivity index (χ3n) is 4.30. The summed E-state index contributed by atoms with van der Waals surface area (Å²) in [5, 5.41) is 3.64. The van der Waals surface area contributed by atoms with Crippen molar-refractivity contribution >= 4 is 65.7 Å². The second kappa shape index (κ2) is 11.7. The van der Waals surface area contributed by atoms with Crippen molar-refractivity contribution in [3.63, 3.8) is 0 Å². The Morgan fingerprint density at radius 3 is 2.09 bits per heavy atom.